The van der Waals surface area contributed by atoms with Crippen molar-refractivity contribution in [3.05, 3.63) is 60.2 Å². The van der Waals surface area contributed by atoms with Gasteiger partial charge >= 0.3 is 0 Å². The Balaban J connectivity index is 2.06. The van der Waals surface area contributed by atoms with E-state index in [4.69, 9.17) is 4.74 Å². The molecular formula is C16H20OSi. The van der Waals surface area contributed by atoms with E-state index in [2.05, 4.69) is 50.0 Å². The third-order valence-electron chi connectivity index (χ3n) is 2.95. The van der Waals surface area contributed by atoms with Crippen molar-refractivity contribution in [1.29, 1.82) is 0 Å². The molecule has 1 nitrogen and oxygen atoms in total. The van der Waals surface area contributed by atoms with Gasteiger partial charge in [0, 0.05) is 0 Å². The zero-order valence-corrected chi connectivity index (χ0v) is 12.3. The number of ether oxygens (including phenoxy) is 1. The molecule has 2 aromatic rings. The quantitative estimate of drug-likeness (QED) is 0.756. The summed E-state index contributed by atoms with van der Waals surface area (Å²) in [4.78, 5) is 0. The van der Waals surface area contributed by atoms with Crippen LogP contribution in [0.25, 0.3) is 0 Å². The lowest BCUT2D eigenvalue weighted by Gasteiger charge is -2.17. The Kier molecular flexibility index (Phi) is 3.87. The highest BCUT2D eigenvalue weighted by Gasteiger charge is 2.16. The third-order valence-corrected chi connectivity index (χ3v) is 4.99. The van der Waals surface area contributed by atoms with Crippen molar-refractivity contribution >= 4 is 13.3 Å². The summed E-state index contributed by atoms with van der Waals surface area (Å²) in [5.41, 5.74) is 1.20. The highest BCUT2D eigenvalue weighted by Crippen LogP contribution is 2.13. The molecule has 0 saturated carbocycles. The van der Waals surface area contributed by atoms with Crippen LogP contribution >= 0.6 is 0 Å². The third kappa shape index (κ3) is 3.47. The van der Waals surface area contributed by atoms with Gasteiger partial charge in [0.25, 0.3) is 0 Å². The molecule has 0 N–H and O–H groups in total. The summed E-state index contributed by atoms with van der Waals surface area (Å²) in [6.45, 7) is 7.69. The molecule has 2 heteroatoms. The predicted molar refractivity (Wildman–Crippen MR) is 80.2 cm³/mol. The Hall–Kier alpha value is -1.54. The normalized spacial score (nSPS) is 11.3. The molecule has 0 aromatic heterocycles. The largest absolute Gasteiger partial charge is 0.489 e. The van der Waals surface area contributed by atoms with Crippen LogP contribution < -0.4 is 9.92 Å². The van der Waals surface area contributed by atoms with Gasteiger partial charge in [0.05, 0.1) is 8.07 Å². The first kappa shape index (κ1) is 12.9. The van der Waals surface area contributed by atoms with Crippen LogP contribution in [0.3, 0.4) is 0 Å². The fraction of sp³-hybridized carbons (Fsp3) is 0.250. The maximum Gasteiger partial charge on any atom is 0.119 e. The van der Waals surface area contributed by atoms with Gasteiger partial charge in [-0.3, -0.25) is 0 Å². The molecule has 18 heavy (non-hydrogen) atoms. The van der Waals surface area contributed by atoms with Crippen LogP contribution in [-0.4, -0.2) is 8.07 Å². The SMILES string of the molecule is C[Si](C)(C)c1cccc(OCc2ccccc2)c1. The number of benzene rings is 2. The summed E-state index contributed by atoms with van der Waals surface area (Å²) in [5, 5.41) is 1.44. The van der Waals surface area contributed by atoms with Crippen LogP contribution in [0.5, 0.6) is 5.75 Å². The molecule has 0 unspecified atom stereocenters. The van der Waals surface area contributed by atoms with E-state index in [1.165, 1.54) is 10.8 Å². The molecule has 0 spiro atoms. The molecule has 0 amide bonds. The van der Waals surface area contributed by atoms with E-state index < -0.39 is 8.07 Å². The predicted octanol–water partition coefficient (Wildman–Crippen LogP) is 3.81. The highest BCUT2D eigenvalue weighted by atomic mass is 28.3. The molecule has 2 aromatic carbocycles. The van der Waals surface area contributed by atoms with Crippen molar-refractivity contribution in [3.8, 4) is 5.75 Å². The Labute approximate surface area is 110 Å². The van der Waals surface area contributed by atoms with Crippen LogP contribution in [0, 0.1) is 0 Å². The second-order valence-corrected chi connectivity index (χ2v) is 10.6. The summed E-state index contributed by atoms with van der Waals surface area (Å²) >= 11 is 0. The van der Waals surface area contributed by atoms with Crippen molar-refractivity contribution < 1.29 is 4.74 Å². The summed E-state index contributed by atoms with van der Waals surface area (Å²) in [6.07, 6.45) is 0. The van der Waals surface area contributed by atoms with E-state index in [1.807, 2.05) is 24.3 Å². The van der Waals surface area contributed by atoms with Crippen LogP contribution in [0.2, 0.25) is 19.6 Å². The molecular weight excluding hydrogens is 236 g/mol. The summed E-state index contributed by atoms with van der Waals surface area (Å²) < 4.78 is 5.85. The van der Waals surface area contributed by atoms with Gasteiger partial charge in [-0.2, -0.15) is 0 Å². The molecule has 0 fully saturated rings. The Morgan fingerprint density at radius 2 is 1.61 bits per heavy atom. The topological polar surface area (TPSA) is 9.23 Å². The minimum absolute atomic E-state index is 0.635. The Morgan fingerprint density at radius 1 is 0.889 bits per heavy atom. The highest BCUT2D eigenvalue weighted by molar-refractivity contribution is 6.88. The zero-order chi connectivity index (χ0) is 13.0. The Bertz CT molecular complexity index is 500. The lowest BCUT2D eigenvalue weighted by atomic mass is 10.2. The van der Waals surface area contributed by atoms with E-state index in [1.54, 1.807) is 0 Å². The number of rotatable bonds is 4. The van der Waals surface area contributed by atoms with E-state index in [9.17, 15) is 0 Å². The first-order chi connectivity index (χ1) is 8.55. The van der Waals surface area contributed by atoms with Gasteiger partial charge in [0.2, 0.25) is 0 Å². The van der Waals surface area contributed by atoms with E-state index >= 15 is 0 Å². The second kappa shape index (κ2) is 5.40. The maximum absolute atomic E-state index is 5.85. The molecule has 0 aliphatic carbocycles. The minimum atomic E-state index is -1.25. The average Bonchev–Trinajstić information content (AvgIpc) is 2.37. The molecule has 0 radical (unpaired) electrons. The van der Waals surface area contributed by atoms with Crippen molar-refractivity contribution in [3.63, 3.8) is 0 Å². The van der Waals surface area contributed by atoms with E-state index in [0.717, 1.165) is 5.75 Å². The van der Waals surface area contributed by atoms with Gasteiger partial charge in [0.15, 0.2) is 0 Å². The van der Waals surface area contributed by atoms with Crippen molar-refractivity contribution in [2.24, 2.45) is 0 Å². The zero-order valence-electron chi connectivity index (χ0n) is 11.3. The van der Waals surface area contributed by atoms with Crippen LogP contribution in [0.15, 0.2) is 54.6 Å². The smallest absolute Gasteiger partial charge is 0.119 e. The van der Waals surface area contributed by atoms with Gasteiger partial charge in [-0.1, -0.05) is 67.3 Å². The van der Waals surface area contributed by atoms with Crippen LogP contribution in [-0.2, 0) is 6.61 Å². The van der Waals surface area contributed by atoms with Crippen molar-refractivity contribution in [1.82, 2.24) is 0 Å². The molecule has 0 heterocycles. The molecule has 2 rings (SSSR count). The van der Waals surface area contributed by atoms with Crippen LogP contribution in [0.4, 0.5) is 0 Å². The average molecular weight is 256 g/mol. The summed E-state index contributed by atoms with van der Waals surface area (Å²) in [7, 11) is -1.25. The van der Waals surface area contributed by atoms with Gasteiger partial charge in [-0.25, -0.2) is 0 Å². The van der Waals surface area contributed by atoms with E-state index in [-0.39, 0.29) is 0 Å². The van der Waals surface area contributed by atoms with Gasteiger partial charge in [0.1, 0.15) is 12.4 Å². The summed E-state index contributed by atoms with van der Waals surface area (Å²) in [6, 6.07) is 18.8. The molecule has 0 aliphatic heterocycles. The summed E-state index contributed by atoms with van der Waals surface area (Å²) in [5.74, 6) is 0.971. The number of hydrogen-bond acceptors (Lipinski definition) is 1. The lowest BCUT2D eigenvalue weighted by molar-refractivity contribution is 0.306. The first-order valence-electron chi connectivity index (χ1n) is 6.33. The maximum atomic E-state index is 5.85. The van der Waals surface area contributed by atoms with Crippen molar-refractivity contribution in [2.45, 2.75) is 26.2 Å². The van der Waals surface area contributed by atoms with Gasteiger partial charge in [-0.05, 0) is 17.7 Å². The minimum Gasteiger partial charge on any atom is -0.489 e. The fourth-order valence-electron chi connectivity index (χ4n) is 1.79. The van der Waals surface area contributed by atoms with Crippen LogP contribution in [0.1, 0.15) is 5.56 Å². The van der Waals surface area contributed by atoms with E-state index in [0.29, 0.717) is 6.61 Å². The monoisotopic (exact) mass is 256 g/mol. The first-order valence-corrected chi connectivity index (χ1v) is 9.83. The molecule has 94 valence electrons. The molecule has 0 saturated heterocycles. The standard InChI is InChI=1S/C16H20OSi/c1-18(2,3)16-11-7-10-15(12-16)17-13-14-8-5-4-6-9-14/h4-12H,13H2,1-3H3. The fourth-order valence-corrected chi connectivity index (χ4v) is 2.96. The van der Waals surface area contributed by atoms with Gasteiger partial charge in [-0.15, -0.1) is 0 Å². The molecule has 0 aliphatic rings. The number of hydrogen-bond donors (Lipinski definition) is 0. The molecule has 0 atom stereocenters. The van der Waals surface area contributed by atoms with Crippen molar-refractivity contribution in [2.75, 3.05) is 0 Å². The Morgan fingerprint density at radius 3 is 2.28 bits per heavy atom. The lowest BCUT2D eigenvalue weighted by Crippen LogP contribution is -2.37. The molecule has 0 bridgehead atoms. The second-order valence-electron chi connectivity index (χ2n) is 5.55. The van der Waals surface area contributed by atoms with Gasteiger partial charge < -0.3 is 4.74 Å².